The molecule has 3 heterocycles. The zero-order valence-electron chi connectivity index (χ0n) is 21.6. The van der Waals surface area contributed by atoms with Gasteiger partial charge >= 0.3 is 0 Å². The van der Waals surface area contributed by atoms with Crippen molar-refractivity contribution in [3.05, 3.63) is 36.7 Å². The van der Waals surface area contributed by atoms with E-state index in [9.17, 15) is 13.2 Å². The lowest BCUT2D eigenvalue weighted by molar-refractivity contribution is -0.137. The first-order chi connectivity index (χ1) is 18.3. The largest absolute Gasteiger partial charge is 0.493 e. The number of amides is 1. The van der Waals surface area contributed by atoms with Crippen LogP contribution in [-0.2, 0) is 14.8 Å². The van der Waals surface area contributed by atoms with Gasteiger partial charge in [0.2, 0.25) is 21.9 Å². The van der Waals surface area contributed by atoms with E-state index in [1.54, 1.807) is 23.1 Å². The molecule has 2 aliphatic rings. The van der Waals surface area contributed by atoms with Crippen LogP contribution in [0.4, 0.5) is 5.95 Å². The predicted molar refractivity (Wildman–Crippen MR) is 145 cm³/mol. The fourth-order valence-electron chi connectivity index (χ4n) is 5.47. The van der Waals surface area contributed by atoms with Crippen LogP contribution in [0.25, 0.3) is 16.7 Å². The summed E-state index contributed by atoms with van der Waals surface area (Å²) in [4.78, 5) is 24.1. The Morgan fingerprint density at radius 1 is 1.18 bits per heavy atom. The number of likely N-dealkylation sites (tertiary alicyclic amines) is 1. The fourth-order valence-corrected chi connectivity index (χ4v) is 5.99. The van der Waals surface area contributed by atoms with Gasteiger partial charge in [0.1, 0.15) is 5.75 Å². The summed E-state index contributed by atoms with van der Waals surface area (Å²) in [5.74, 6) is 2.08. The summed E-state index contributed by atoms with van der Waals surface area (Å²) in [6, 6.07) is 7.99. The van der Waals surface area contributed by atoms with Crippen molar-refractivity contribution in [3.8, 4) is 11.6 Å². The smallest absolute Gasteiger partial charge is 0.225 e. The molecule has 5 rings (SSSR count). The second-order valence-electron chi connectivity index (χ2n) is 10.3. The fraction of sp³-hybridized carbons (Fsp3) is 0.538. The number of hydrogen-bond acceptors (Lipinski definition) is 8. The SMILES string of the molecule is C[C@@H]1CCCN1C(=O)[C@H]1CC[C@H](Nc2nccc(-n3ncc4c(OCCCS(N)(=O)=O)cccc43)n2)CC1. The van der Waals surface area contributed by atoms with E-state index in [1.807, 2.05) is 18.2 Å². The standard InChI is InChI=1S/C26H35N7O4S/c1-18-5-3-14-32(18)25(34)19-8-10-20(11-9-19)30-26-28-13-12-24(31-26)33-22-6-2-7-23(21(22)17-29-33)37-15-4-16-38(27,35)36/h2,6-7,12-13,17-20H,3-5,8-11,14-16H2,1H3,(H2,27,35,36)(H,28,30,31)/t18-,19-,20-/m1/s1. The molecule has 2 aromatic heterocycles. The van der Waals surface area contributed by atoms with Crippen LogP contribution in [0.5, 0.6) is 5.75 Å². The van der Waals surface area contributed by atoms with Gasteiger partial charge in [-0.3, -0.25) is 4.79 Å². The summed E-state index contributed by atoms with van der Waals surface area (Å²) < 4.78 is 29.8. The Balaban J connectivity index is 1.22. The highest BCUT2D eigenvalue weighted by molar-refractivity contribution is 7.89. The highest BCUT2D eigenvalue weighted by atomic mass is 32.2. The van der Waals surface area contributed by atoms with Crippen molar-refractivity contribution in [3.63, 3.8) is 0 Å². The maximum Gasteiger partial charge on any atom is 0.225 e. The van der Waals surface area contributed by atoms with Gasteiger partial charge in [-0.1, -0.05) is 6.07 Å². The first-order valence-corrected chi connectivity index (χ1v) is 15.0. The molecule has 3 N–H and O–H groups in total. The number of ether oxygens (including phenoxy) is 1. The minimum atomic E-state index is -3.51. The van der Waals surface area contributed by atoms with Crippen LogP contribution < -0.4 is 15.2 Å². The molecule has 0 unspecified atom stereocenters. The maximum atomic E-state index is 12.9. The topological polar surface area (TPSA) is 145 Å². The number of primary sulfonamides is 1. The Labute approximate surface area is 222 Å². The number of nitrogens with zero attached hydrogens (tertiary/aromatic N) is 5. The maximum absolute atomic E-state index is 12.9. The van der Waals surface area contributed by atoms with Crippen molar-refractivity contribution in [2.24, 2.45) is 11.1 Å². The van der Waals surface area contributed by atoms with E-state index in [2.05, 4.69) is 27.2 Å². The number of rotatable bonds is 9. The summed E-state index contributed by atoms with van der Waals surface area (Å²) in [5.41, 5.74) is 0.814. The molecule has 0 bridgehead atoms. The average molecular weight is 542 g/mol. The normalized spacial score (nSPS) is 22.1. The lowest BCUT2D eigenvalue weighted by atomic mass is 9.85. The molecule has 11 nitrogen and oxygen atoms in total. The molecule has 2 fully saturated rings. The summed E-state index contributed by atoms with van der Waals surface area (Å²) in [6.07, 6.45) is 9.50. The molecule has 38 heavy (non-hydrogen) atoms. The predicted octanol–water partition coefficient (Wildman–Crippen LogP) is 2.85. The molecule has 1 saturated carbocycles. The second kappa shape index (κ2) is 11.2. The second-order valence-corrected chi connectivity index (χ2v) is 12.0. The van der Waals surface area contributed by atoms with Crippen LogP contribution in [-0.4, -0.2) is 70.0 Å². The van der Waals surface area contributed by atoms with E-state index in [0.29, 0.717) is 35.9 Å². The number of hydrogen-bond donors (Lipinski definition) is 2. The van der Waals surface area contributed by atoms with Crippen molar-refractivity contribution in [2.45, 2.75) is 64.0 Å². The third-order valence-electron chi connectivity index (χ3n) is 7.51. The van der Waals surface area contributed by atoms with E-state index in [4.69, 9.17) is 14.9 Å². The molecule has 12 heteroatoms. The number of nitrogens with one attached hydrogen (secondary N) is 1. The van der Waals surface area contributed by atoms with Gasteiger partial charge in [-0.05, 0) is 64.0 Å². The Kier molecular flexibility index (Phi) is 7.80. The molecule has 1 atom stereocenters. The van der Waals surface area contributed by atoms with Gasteiger partial charge in [-0.2, -0.15) is 10.1 Å². The number of nitrogens with two attached hydrogens (primary N) is 1. The van der Waals surface area contributed by atoms with Crippen molar-refractivity contribution in [1.29, 1.82) is 0 Å². The molecule has 1 saturated heterocycles. The third kappa shape index (κ3) is 6.07. The number of fused-ring (bicyclic) bond motifs is 1. The van der Waals surface area contributed by atoms with Crippen molar-refractivity contribution in [1.82, 2.24) is 24.6 Å². The van der Waals surface area contributed by atoms with Crippen LogP contribution in [0.15, 0.2) is 36.7 Å². The van der Waals surface area contributed by atoms with Crippen molar-refractivity contribution < 1.29 is 17.9 Å². The van der Waals surface area contributed by atoms with E-state index < -0.39 is 10.0 Å². The van der Waals surface area contributed by atoms with Gasteiger partial charge in [-0.15, -0.1) is 0 Å². The van der Waals surface area contributed by atoms with E-state index in [1.165, 1.54) is 0 Å². The quantitative estimate of drug-likeness (QED) is 0.393. The lowest BCUT2D eigenvalue weighted by Crippen LogP contribution is -2.40. The number of carbonyl (C=O) groups excluding carboxylic acids is 1. The van der Waals surface area contributed by atoms with Crippen LogP contribution in [0.1, 0.15) is 51.9 Å². The van der Waals surface area contributed by atoms with Gasteiger partial charge in [0.25, 0.3) is 0 Å². The molecule has 1 aromatic carbocycles. The molecule has 1 amide bonds. The van der Waals surface area contributed by atoms with Crippen LogP contribution in [0, 0.1) is 5.92 Å². The van der Waals surface area contributed by atoms with E-state index >= 15 is 0 Å². The summed E-state index contributed by atoms with van der Waals surface area (Å²) >= 11 is 0. The Hall–Kier alpha value is -3.25. The first kappa shape index (κ1) is 26.4. The highest BCUT2D eigenvalue weighted by Gasteiger charge is 2.33. The van der Waals surface area contributed by atoms with Crippen LogP contribution in [0.3, 0.4) is 0 Å². The Morgan fingerprint density at radius 2 is 2.00 bits per heavy atom. The molecule has 0 radical (unpaired) electrons. The Bertz CT molecular complexity index is 1390. The number of carbonyl (C=O) groups is 1. The van der Waals surface area contributed by atoms with Gasteiger partial charge in [-0.25, -0.2) is 23.2 Å². The van der Waals surface area contributed by atoms with Crippen molar-refractivity contribution >= 4 is 32.8 Å². The summed E-state index contributed by atoms with van der Waals surface area (Å²) in [6.45, 7) is 3.28. The molecule has 0 spiro atoms. The van der Waals surface area contributed by atoms with E-state index in [0.717, 1.165) is 56.0 Å². The Morgan fingerprint density at radius 3 is 2.74 bits per heavy atom. The zero-order chi connectivity index (χ0) is 26.7. The number of anilines is 1. The molecule has 1 aliphatic carbocycles. The molecule has 1 aliphatic heterocycles. The summed E-state index contributed by atoms with van der Waals surface area (Å²) in [7, 11) is -3.51. The minimum absolute atomic E-state index is 0.118. The zero-order valence-corrected chi connectivity index (χ0v) is 22.4. The van der Waals surface area contributed by atoms with Gasteiger partial charge < -0.3 is 15.0 Å². The van der Waals surface area contributed by atoms with Crippen molar-refractivity contribution in [2.75, 3.05) is 24.2 Å². The third-order valence-corrected chi connectivity index (χ3v) is 8.37. The highest BCUT2D eigenvalue weighted by Crippen LogP contribution is 2.31. The van der Waals surface area contributed by atoms with Gasteiger partial charge in [0, 0.05) is 36.8 Å². The number of benzene rings is 1. The first-order valence-electron chi connectivity index (χ1n) is 13.3. The van der Waals surface area contributed by atoms with E-state index in [-0.39, 0.29) is 24.3 Å². The average Bonchev–Trinajstić information content (AvgIpc) is 3.53. The number of aromatic nitrogens is 4. The van der Waals surface area contributed by atoms with Crippen LogP contribution >= 0.6 is 0 Å². The molecule has 3 aromatic rings. The lowest BCUT2D eigenvalue weighted by Gasteiger charge is -2.32. The number of sulfonamides is 1. The van der Waals surface area contributed by atoms with Crippen LogP contribution in [0.2, 0.25) is 0 Å². The van der Waals surface area contributed by atoms with Gasteiger partial charge in [0.05, 0.1) is 29.5 Å². The summed E-state index contributed by atoms with van der Waals surface area (Å²) in [5, 5.41) is 13.8. The molecule has 204 valence electrons. The molecular weight excluding hydrogens is 506 g/mol. The van der Waals surface area contributed by atoms with Gasteiger partial charge in [0.15, 0.2) is 5.82 Å². The minimum Gasteiger partial charge on any atom is -0.493 e. The molecular formula is C26H35N7O4S. The monoisotopic (exact) mass is 541 g/mol.